The van der Waals surface area contributed by atoms with Crippen LogP contribution in [0.4, 0.5) is 26.1 Å². The molecule has 1 aliphatic rings. The Bertz CT molecular complexity index is 1500. The molecular weight excluding hydrogens is 494 g/mol. The summed E-state index contributed by atoms with van der Waals surface area (Å²) >= 11 is 0. The average Bonchev–Trinajstić information content (AvgIpc) is 3.35. The van der Waals surface area contributed by atoms with Crippen LogP contribution in [-0.4, -0.2) is 74.6 Å². The van der Waals surface area contributed by atoms with Crippen LogP contribution in [0, 0.1) is 11.6 Å². The number of piperazine rings is 1. The highest BCUT2D eigenvalue weighted by Crippen LogP contribution is 2.30. The van der Waals surface area contributed by atoms with Gasteiger partial charge in [-0.25, -0.2) is 18.7 Å². The van der Waals surface area contributed by atoms with E-state index < -0.39 is 17.5 Å². The van der Waals surface area contributed by atoms with Crippen molar-refractivity contribution in [1.29, 1.82) is 0 Å². The molecule has 1 fully saturated rings. The highest BCUT2D eigenvalue weighted by Gasteiger charge is 2.23. The quantitative estimate of drug-likeness (QED) is 0.303. The van der Waals surface area contributed by atoms with Crippen LogP contribution in [0.2, 0.25) is 0 Å². The summed E-state index contributed by atoms with van der Waals surface area (Å²) in [6.45, 7) is 3.02. The van der Waals surface area contributed by atoms with Crippen LogP contribution in [0.25, 0.3) is 23.0 Å². The molecule has 4 N–H and O–H groups in total. The molecule has 12 heteroatoms. The van der Waals surface area contributed by atoms with E-state index in [1.165, 1.54) is 24.5 Å². The second kappa shape index (κ2) is 10.9. The summed E-state index contributed by atoms with van der Waals surface area (Å²) in [7, 11) is 0. The number of aliphatic hydroxyl groups is 1. The van der Waals surface area contributed by atoms with E-state index in [-0.39, 0.29) is 23.9 Å². The van der Waals surface area contributed by atoms with Crippen LogP contribution in [0.5, 0.6) is 0 Å². The van der Waals surface area contributed by atoms with E-state index in [0.717, 1.165) is 11.1 Å². The van der Waals surface area contributed by atoms with Crippen LogP contribution < -0.4 is 16.0 Å². The first-order valence-corrected chi connectivity index (χ1v) is 12.0. The topological polar surface area (TPSA) is 125 Å². The number of nitrogens with one attached hydrogen (secondary N) is 1. The zero-order valence-electron chi connectivity index (χ0n) is 20.4. The number of hydrogen-bond donors (Lipinski definition) is 3. The number of halogens is 2. The van der Waals surface area contributed by atoms with Gasteiger partial charge in [0.2, 0.25) is 11.9 Å². The summed E-state index contributed by atoms with van der Waals surface area (Å²) in [6, 6.07) is 10.3. The SMILES string of the molecule is NC(=O)C=Cc1cccc(-c2ncn3cnc(Nc4ccc(N5CCN(CCO)CC5)c(F)c4F)nc23)c1. The first kappa shape index (κ1) is 25.2. The fourth-order valence-corrected chi connectivity index (χ4v) is 4.38. The van der Waals surface area contributed by atoms with Crippen molar-refractivity contribution in [3.8, 4) is 11.3 Å². The second-order valence-corrected chi connectivity index (χ2v) is 8.80. The smallest absolute Gasteiger partial charge is 0.241 e. The van der Waals surface area contributed by atoms with Crippen molar-refractivity contribution in [3.63, 3.8) is 0 Å². The van der Waals surface area contributed by atoms with Gasteiger partial charge < -0.3 is 21.1 Å². The minimum absolute atomic E-state index is 0.0681. The zero-order chi connectivity index (χ0) is 26.6. The lowest BCUT2D eigenvalue weighted by Gasteiger charge is -2.36. The summed E-state index contributed by atoms with van der Waals surface area (Å²) in [4.78, 5) is 28.0. The van der Waals surface area contributed by atoms with Crippen molar-refractivity contribution in [3.05, 3.63) is 72.3 Å². The largest absolute Gasteiger partial charge is 0.395 e. The molecule has 5 rings (SSSR count). The molecule has 0 atom stereocenters. The maximum absolute atomic E-state index is 15.1. The number of aliphatic hydroxyl groups excluding tert-OH is 1. The third-order valence-corrected chi connectivity index (χ3v) is 6.32. The molecular formula is C26H26F2N8O2. The van der Waals surface area contributed by atoms with Gasteiger partial charge in [-0.2, -0.15) is 4.98 Å². The number of nitrogens with zero attached hydrogens (tertiary/aromatic N) is 6. The van der Waals surface area contributed by atoms with Gasteiger partial charge in [-0.05, 0) is 29.8 Å². The normalized spacial score (nSPS) is 14.4. The molecule has 10 nitrogen and oxygen atoms in total. The number of rotatable bonds is 8. The number of carbonyl (C=O) groups excluding carboxylic acids is 1. The molecule has 0 spiro atoms. The van der Waals surface area contributed by atoms with E-state index in [1.54, 1.807) is 21.7 Å². The number of hydrogen-bond acceptors (Lipinski definition) is 8. The van der Waals surface area contributed by atoms with Crippen molar-refractivity contribution in [2.45, 2.75) is 0 Å². The number of aromatic nitrogens is 4. The van der Waals surface area contributed by atoms with E-state index in [0.29, 0.717) is 44.1 Å². The van der Waals surface area contributed by atoms with Gasteiger partial charge in [0.05, 0.1) is 18.0 Å². The Kier molecular flexibility index (Phi) is 7.24. The summed E-state index contributed by atoms with van der Waals surface area (Å²) < 4.78 is 31.7. The lowest BCUT2D eigenvalue weighted by molar-refractivity contribution is -0.113. The third kappa shape index (κ3) is 5.31. The fourth-order valence-electron chi connectivity index (χ4n) is 4.38. The number of benzene rings is 2. The Hall–Kier alpha value is -4.42. The summed E-state index contributed by atoms with van der Waals surface area (Å²) in [5, 5.41) is 11.9. The molecule has 38 heavy (non-hydrogen) atoms. The summed E-state index contributed by atoms with van der Waals surface area (Å²) in [5.41, 5.74) is 7.78. The van der Waals surface area contributed by atoms with Crippen molar-refractivity contribution in [1.82, 2.24) is 24.3 Å². The van der Waals surface area contributed by atoms with Crippen LogP contribution in [0.15, 0.2) is 55.1 Å². The first-order valence-electron chi connectivity index (χ1n) is 12.0. The number of fused-ring (bicyclic) bond motifs is 1. The van der Waals surface area contributed by atoms with Gasteiger partial charge in [-0.15, -0.1) is 0 Å². The van der Waals surface area contributed by atoms with Crippen molar-refractivity contribution in [2.75, 3.05) is 49.5 Å². The van der Waals surface area contributed by atoms with Crippen molar-refractivity contribution >= 4 is 35.0 Å². The summed E-state index contributed by atoms with van der Waals surface area (Å²) in [6.07, 6.45) is 5.90. The van der Waals surface area contributed by atoms with E-state index >= 15 is 8.78 Å². The van der Waals surface area contributed by atoms with Gasteiger partial charge in [0, 0.05) is 44.4 Å². The van der Waals surface area contributed by atoms with Crippen LogP contribution in [0.1, 0.15) is 5.56 Å². The monoisotopic (exact) mass is 520 g/mol. The molecule has 2 aromatic carbocycles. The maximum atomic E-state index is 15.1. The molecule has 196 valence electrons. The summed E-state index contributed by atoms with van der Waals surface area (Å²) in [5.74, 6) is -2.44. The molecule has 1 amide bonds. The predicted molar refractivity (Wildman–Crippen MR) is 140 cm³/mol. The van der Waals surface area contributed by atoms with Gasteiger partial charge in [-0.3, -0.25) is 14.1 Å². The number of carbonyl (C=O) groups is 1. The Labute approximate surface area is 217 Å². The van der Waals surface area contributed by atoms with Gasteiger partial charge in [0.25, 0.3) is 0 Å². The highest BCUT2D eigenvalue weighted by atomic mass is 19.2. The first-order chi connectivity index (χ1) is 18.4. The Morgan fingerprint density at radius 3 is 2.63 bits per heavy atom. The minimum atomic E-state index is -1.02. The molecule has 0 saturated carbocycles. The molecule has 3 heterocycles. The molecule has 2 aromatic heterocycles. The van der Waals surface area contributed by atoms with E-state index in [1.807, 2.05) is 24.3 Å². The Morgan fingerprint density at radius 1 is 1.08 bits per heavy atom. The van der Waals surface area contributed by atoms with E-state index in [9.17, 15) is 4.79 Å². The number of primary amides is 1. The molecule has 0 bridgehead atoms. The third-order valence-electron chi connectivity index (χ3n) is 6.32. The van der Waals surface area contributed by atoms with Crippen LogP contribution in [-0.2, 0) is 4.79 Å². The lowest BCUT2D eigenvalue weighted by Crippen LogP contribution is -2.47. The van der Waals surface area contributed by atoms with Gasteiger partial charge in [-0.1, -0.05) is 18.2 Å². The van der Waals surface area contributed by atoms with Gasteiger partial charge in [0.15, 0.2) is 17.3 Å². The maximum Gasteiger partial charge on any atom is 0.241 e. The number of imidazole rings is 1. The lowest BCUT2D eigenvalue weighted by atomic mass is 10.1. The standard InChI is InChI=1S/C26H26F2N8O2/c27-22-19(5-6-20(23(22)28)35-10-8-34(9-11-35)12-13-37)32-26-31-16-36-15-30-24(25(36)33-26)18-3-1-2-17(14-18)4-7-21(29)38/h1-7,14-16,37H,8-13H2,(H2,29,38)(H,32,33). The van der Waals surface area contributed by atoms with Crippen molar-refractivity contribution < 1.29 is 18.7 Å². The van der Waals surface area contributed by atoms with Crippen LogP contribution in [0.3, 0.4) is 0 Å². The minimum Gasteiger partial charge on any atom is -0.395 e. The Morgan fingerprint density at radius 2 is 1.87 bits per heavy atom. The molecule has 0 aliphatic carbocycles. The Balaban J connectivity index is 1.38. The molecule has 1 saturated heterocycles. The molecule has 1 aliphatic heterocycles. The molecule has 4 aromatic rings. The second-order valence-electron chi connectivity index (χ2n) is 8.80. The predicted octanol–water partition coefficient (Wildman–Crippen LogP) is 2.43. The number of nitrogens with two attached hydrogens (primary N) is 1. The number of amides is 1. The van der Waals surface area contributed by atoms with E-state index in [2.05, 4.69) is 25.2 Å². The zero-order valence-corrected chi connectivity index (χ0v) is 20.4. The fraction of sp³-hybridized carbons (Fsp3) is 0.231. The molecule has 0 unspecified atom stereocenters. The van der Waals surface area contributed by atoms with Gasteiger partial charge in [0.1, 0.15) is 18.3 Å². The van der Waals surface area contributed by atoms with Crippen LogP contribution >= 0.6 is 0 Å². The van der Waals surface area contributed by atoms with Gasteiger partial charge >= 0.3 is 0 Å². The van der Waals surface area contributed by atoms with E-state index in [4.69, 9.17) is 10.8 Å². The highest BCUT2D eigenvalue weighted by molar-refractivity contribution is 5.90. The average molecular weight is 521 g/mol. The molecule has 0 radical (unpaired) electrons. The van der Waals surface area contributed by atoms with Crippen molar-refractivity contribution in [2.24, 2.45) is 5.73 Å². The number of β-amino-alcohol motifs (C(OH)–C–C–N with tert-alkyl or cyclic N) is 1. The number of anilines is 3.